The van der Waals surface area contributed by atoms with E-state index in [4.69, 9.17) is 9.63 Å². The minimum Gasteiger partial charge on any atom is -0.475 e. The molecule has 1 unspecified atom stereocenters. The quantitative estimate of drug-likeness (QED) is 0.637. The van der Waals surface area contributed by atoms with Gasteiger partial charge in [0.2, 0.25) is 5.89 Å². The largest absolute Gasteiger partial charge is 0.475 e. The molecule has 1 saturated heterocycles. The zero-order valence-electron chi connectivity index (χ0n) is 6.15. The normalized spacial score (nSPS) is 21.8. The van der Waals surface area contributed by atoms with Crippen LogP contribution in [-0.2, 0) is 0 Å². The summed E-state index contributed by atoms with van der Waals surface area (Å²) in [6.45, 7) is 0.912. The number of carbonyl (C=O) groups is 1. The molecule has 2 rings (SSSR count). The van der Waals surface area contributed by atoms with Crippen molar-refractivity contribution in [2.75, 3.05) is 6.54 Å². The second-order valence-corrected chi connectivity index (χ2v) is 2.56. The zero-order chi connectivity index (χ0) is 8.55. The molecule has 1 aliphatic heterocycles. The van der Waals surface area contributed by atoms with E-state index in [1.54, 1.807) is 0 Å². The van der Waals surface area contributed by atoms with Gasteiger partial charge in [-0.3, -0.25) is 0 Å². The molecule has 1 aromatic rings. The first-order chi connectivity index (χ1) is 5.77. The van der Waals surface area contributed by atoms with Crippen LogP contribution in [0.25, 0.3) is 0 Å². The molecular weight excluding hydrogens is 162 g/mol. The maximum atomic E-state index is 10.3. The Kier molecular flexibility index (Phi) is 1.54. The van der Waals surface area contributed by atoms with Gasteiger partial charge in [0.15, 0.2) is 0 Å². The molecule has 1 aliphatic rings. The molecule has 0 saturated carbocycles. The molecular formula is C6H7N3O3. The highest BCUT2D eigenvalue weighted by atomic mass is 16.5. The SMILES string of the molecule is O=C(O)c1noc(C2CCN2)n1. The van der Waals surface area contributed by atoms with Gasteiger partial charge in [0.05, 0.1) is 6.04 Å². The van der Waals surface area contributed by atoms with Crippen LogP contribution < -0.4 is 5.32 Å². The maximum absolute atomic E-state index is 10.3. The van der Waals surface area contributed by atoms with Crippen molar-refractivity contribution in [3.05, 3.63) is 11.7 Å². The average Bonchev–Trinajstić information content (AvgIpc) is 2.32. The second-order valence-electron chi connectivity index (χ2n) is 2.56. The standard InChI is InChI=1S/C6H7N3O3/c10-6(11)4-8-5(12-9-4)3-1-2-7-3/h3,7H,1-2H2,(H,10,11). The number of rotatable bonds is 2. The van der Waals surface area contributed by atoms with Crippen LogP contribution in [0.4, 0.5) is 0 Å². The Morgan fingerprint density at radius 3 is 2.92 bits per heavy atom. The number of nitrogens with one attached hydrogen (secondary N) is 1. The predicted molar refractivity (Wildman–Crippen MR) is 36.6 cm³/mol. The van der Waals surface area contributed by atoms with Gasteiger partial charge in [-0.05, 0) is 18.1 Å². The molecule has 0 bridgehead atoms. The average molecular weight is 169 g/mol. The van der Waals surface area contributed by atoms with Crippen molar-refractivity contribution in [2.24, 2.45) is 0 Å². The first kappa shape index (κ1) is 7.23. The molecule has 0 spiro atoms. The summed E-state index contributed by atoms with van der Waals surface area (Å²) in [6, 6.07) is 0.0469. The van der Waals surface area contributed by atoms with Gasteiger partial charge in [0.25, 0.3) is 5.82 Å². The maximum Gasteiger partial charge on any atom is 0.377 e. The second kappa shape index (κ2) is 2.56. The lowest BCUT2D eigenvalue weighted by atomic mass is 10.1. The van der Waals surface area contributed by atoms with E-state index in [1.807, 2.05) is 0 Å². The van der Waals surface area contributed by atoms with Crippen LogP contribution in [0.2, 0.25) is 0 Å². The molecule has 0 radical (unpaired) electrons. The van der Waals surface area contributed by atoms with Gasteiger partial charge >= 0.3 is 5.97 Å². The Hall–Kier alpha value is -1.43. The summed E-state index contributed by atoms with van der Waals surface area (Å²) in [7, 11) is 0. The van der Waals surface area contributed by atoms with Crippen LogP contribution in [0.1, 0.15) is 29.0 Å². The number of carboxylic acids is 1. The summed E-state index contributed by atoms with van der Waals surface area (Å²) in [6.07, 6.45) is 0.918. The van der Waals surface area contributed by atoms with Gasteiger partial charge in [-0.1, -0.05) is 0 Å². The van der Waals surface area contributed by atoms with Gasteiger partial charge in [0.1, 0.15) is 0 Å². The minimum absolute atomic E-state index is 0.0469. The summed E-state index contributed by atoms with van der Waals surface area (Å²) in [5, 5.41) is 14.8. The Morgan fingerprint density at radius 2 is 2.50 bits per heavy atom. The monoisotopic (exact) mass is 169 g/mol. The van der Waals surface area contributed by atoms with Crippen LogP contribution >= 0.6 is 0 Å². The lowest BCUT2D eigenvalue weighted by Crippen LogP contribution is -2.35. The van der Waals surface area contributed by atoms with Gasteiger partial charge < -0.3 is 14.9 Å². The number of carboxylic acid groups (broad SMARTS) is 1. The van der Waals surface area contributed by atoms with Crippen molar-refractivity contribution >= 4 is 5.97 Å². The van der Waals surface area contributed by atoms with Crippen LogP contribution in [0, 0.1) is 0 Å². The molecule has 0 aliphatic carbocycles. The summed E-state index contributed by atoms with van der Waals surface area (Å²) in [5.41, 5.74) is 0. The molecule has 12 heavy (non-hydrogen) atoms. The predicted octanol–water partition coefficient (Wildman–Crippen LogP) is -0.198. The molecule has 64 valence electrons. The first-order valence-corrected chi connectivity index (χ1v) is 3.57. The molecule has 2 N–H and O–H groups in total. The van der Waals surface area contributed by atoms with Crippen molar-refractivity contribution in [2.45, 2.75) is 12.5 Å². The zero-order valence-corrected chi connectivity index (χ0v) is 6.15. The third-order valence-corrected chi connectivity index (χ3v) is 1.75. The van der Waals surface area contributed by atoms with Gasteiger partial charge in [-0.2, -0.15) is 4.98 Å². The third-order valence-electron chi connectivity index (χ3n) is 1.75. The molecule has 1 fully saturated rings. The van der Waals surface area contributed by atoms with E-state index in [0.29, 0.717) is 5.89 Å². The Labute approximate surface area is 67.6 Å². The third kappa shape index (κ3) is 1.06. The Balaban J connectivity index is 2.17. The summed E-state index contributed by atoms with van der Waals surface area (Å²) in [4.78, 5) is 14.0. The molecule has 0 aromatic carbocycles. The van der Waals surface area contributed by atoms with E-state index in [1.165, 1.54) is 0 Å². The Morgan fingerprint density at radius 1 is 1.75 bits per heavy atom. The van der Waals surface area contributed by atoms with E-state index in [0.717, 1.165) is 13.0 Å². The molecule has 0 amide bonds. The number of aromatic nitrogens is 2. The molecule has 1 aromatic heterocycles. The van der Waals surface area contributed by atoms with Crippen LogP contribution in [0.3, 0.4) is 0 Å². The fraction of sp³-hybridized carbons (Fsp3) is 0.500. The van der Waals surface area contributed by atoms with Crippen molar-refractivity contribution < 1.29 is 14.4 Å². The van der Waals surface area contributed by atoms with Gasteiger partial charge in [-0.25, -0.2) is 4.79 Å². The van der Waals surface area contributed by atoms with Crippen molar-refractivity contribution in [1.29, 1.82) is 0 Å². The number of hydrogen-bond acceptors (Lipinski definition) is 5. The highest BCUT2D eigenvalue weighted by Gasteiger charge is 2.25. The van der Waals surface area contributed by atoms with E-state index in [2.05, 4.69) is 15.5 Å². The van der Waals surface area contributed by atoms with Crippen LogP contribution in [0.5, 0.6) is 0 Å². The molecule has 2 heterocycles. The number of nitrogens with zero attached hydrogens (tertiary/aromatic N) is 2. The fourth-order valence-electron chi connectivity index (χ4n) is 0.963. The first-order valence-electron chi connectivity index (χ1n) is 3.57. The minimum atomic E-state index is -1.16. The summed E-state index contributed by atoms with van der Waals surface area (Å²) in [5.74, 6) is -1.08. The molecule has 6 heteroatoms. The van der Waals surface area contributed by atoms with Crippen LogP contribution in [0.15, 0.2) is 4.52 Å². The highest BCUT2D eigenvalue weighted by Crippen LogP contribution is 2.20. The van der Waals surface area contributed by atoms with Crippen molar-refractivity contribution in [3.63, 3.8) is 0 Å². The number of aromatic carboxylic acids is 1. The highest BCUT2D eigenvalue weighted by molar-refractivity contribution is 5.82. The fourth-order valence-corrected chi connectivity index (χ4v) is 0.963. The van der Waals surface area contributed by atoms with Gasteiger partial charge in [0, 0.05) is 0 Å². The number of hydrogen-bond donors (Lipinski definition) is 2. The van der Waals surface area contributed by atoms with Crippen molar-refractivity contribution in [1.82, 2.24) is 15.5 Å². The van der Waals surface area contributed by atoms with E-state index in [-0.39, 0.29) is 11.9 Å². The van der Waals surface area contributed by atoms with E-state index < -0.39 is 5.97 Å². The Bertz CT molecular complexity index is 305. The lowest BCUT2D eigenvalue weighted by molar-refractivity contribution is 0.0680. The lowest BCUT2D eigenvalue weighted by Gasteiger charge is -2.23. The summed E-state index contributed by atoms with van der Waals surface area (Å²) >= 11 is 0. The van der Waals surface area contributed by atoms with Crippen molar-refractivity contribution in [3.8, 4) is 0 Å². The smallest absolute Gasteiger partial charge is 0.377 e. The van der Waals surface area contributed by atoms with E-state index >= 15 is 0 Å². The molecule has 6 nitrogen and oxygen atoms in total. The topological polar surface area (TPSA) is 88.2 Å². The van der Waals surface area contributed by atoms with E-state index in [9.17, 15) is 4.79 Å². The van der Waals surface area contributed by atoms with Crippen LogP contribution in [-0.4, -0.2) is 27.8 Å². The van der Waals surface area contributed by atoms with Gasteiger partial charge in [-0.15, -0.1) is 0 Å². The molecule has 1 atom stereocenters. The summed E-state index contributed by atoms with van der Waals surface area (Å²) < 4.78 is 4.73.